The van der Waals surface area contributed by atoms with Crippen molar-refractivity contribution in [2.24, 2.45) is 0 Å². The molecule has 0 fully saturated rings. The van der Waals surface area contributed by atoms with Crippen molar-refractivity contribution in [1.82, 2.24) is 9.78 Å². The molecule has 3 aromatic rings. The summed E-state index contributed by atoms with van der Waals surface area (Å²) in [5.74, 6) is 0.795. The van der Waals surface area contributed by atoms with E-state index < -0.39 is 0 Å². The van der Waals surface area contributed by atoms with Gasteiger partial charge in [-0.15, -0.1) is 0 Å². The molecule has 0 aliphatic heterocycles. The third-order valence-electron chi connectivity index (χ3n) is 4.82. The van der Waals surface area contributed by atoms with Crippen molar-refractivity contribution in [3.05, 3.63) is 64.8 Å². The topological polar surface area (TPSA) is 36.3 Å². The maximum atomic E-state index is 6.11. The molecule has 0 saturated carbocycles. The Kier molecular flexibility index (Phi) is 4.94. The Bertz CT molecular complexity index is 947. The lowest BCUT2D eigenvalue weighted by molar-refractivity contribution is 0.0140. The summed E-state index contributed by atoms with van der Waals surface area (Å²) in [4.78, 5) is 0. The Morgan fingerprint density at radius 2 is 1.81 bits per heavy atom. The zero-order valence-corrected chi connectivity index (χ0v) is 16.5. The van der Waals surface area contributed by atoms with Gasteiger partial charge in [-0.2, -0.15) is 5.10 Å². The number of rotatable bonds is 5. The van der Waals surface area contributed by atoms with Crippen LogP contribution in [0, 0.1) is 0 Å². The zero-order valence-electron chi connectivity index (χ0n) is 15.8. The Balaban J connectivity index is 1.85. The fourth-order valence-corrected chi connectivity index (χ4v) is 3.88. The molecule has 1 aliphatic rings. The maximum absolute atomic E-state index is 6.11. The van der Waals surface area contributed by atoms with Crippen LogP contribution in [0.5, 0.6) is 5.75 Å². The Labute approximate surface area is 164 Å². The molecule has 0 saturated heterocycles. The van der Waals surface area contributed by atoms with E-state index in [0.29, 0.717) is 0 Å². The highest BCUT2D eigenvalue weighted by Crippen LogP contribution is 2.37. The molecule has 0 amide bonds. The van der Waals surface area contributed by atoms with Gasteiger partial charge in [0.15, 0.2) is 0 Å². The van der Waals surface area contributed by atoms with Gasteiger partial charge in [-0.1, -0.05) is 35.9 Å². The molecule has 2 aromatic carbocycles. The molecule has 1 aromatic heterocycles. The van der Waals surface area contributed by atoms with E-state index in [4.69, 9.17) is 26.2 Å². The second-order valence-electron chi connectivity index (χ2n) is 7.08. The molecule has 0 spiro atoms. The van der Waals surface area contributed by atoms with Crippen molar-refractivity contribution in [1.29, 1.82) is 0 Å². The van der Waals surface area contributed by atoms with E-state index in [2.05, 4.69) is 13.8 Å². The standard InChI is InChI=1S/C22H23ClN2O2/c1-14(2)27-17-12-18-19(13-17)24-25(20-6-4-5-7-21(20)26-3)22(18)15-8-10-16(23)11-9-15/h4-11,14,17H,12-13H2,1-3H3/t17-/m0/s1. The average Bonchev–Trinajstić information content (AvgIpc) is 3.19. The summed E-state index contributed by atoms with van der Waals surface area (Å²) in [5, 5.41) is 5.67. The average molecular weight is 383 g/mol. The van der Waals surface area contributed by atoms with E-state index in [9.17, 15) is 0 Å². The van der Waals surface area contributed by atoms with Gasteiger partial charge < -0.3 is 9.47 Å². The summed E-state index contributed by atoms with van der Waals surface area (Å²) < 4.78 is 13.6. The van der Waals surface area contributed by atoms with Crippen molar-refractivity contribution >= 4 is 11.6 Å². The van der Waals surface area contributed by atoms with Crippen molar-refractivity contribution in [2.45, 2.75) is 38.9 Å². The van der Waals surface area contributed by atoms with E-state index in [1.54, 1.807) is 7.11 Å². The minimum atomic E-state index is 0.181. The first kappa shape index (κ1) is 18.1. The van der Waals surface area contributed by atoms with Crippen molar-refractivity contribution < 1.29 is 9.47 Å². The van der Waals surface area contributed by atoms with E-state index >= 15 is 0 Å². The quantitative estimate of drug-likeness (QED) is 0.616. The smallest absolute Gasteiger partial charge is 0.144 e. The van der Waals surface area contributed by atoms with Gasteiger partial charge in [0.1, 0.15) is 11.4 Å². The van der Waals surface area contributed by atoms with Crippen LogP contribution in [0.1, 0.15) is 25.1 Å². The second-order valence-corrected chi connectivity index (χ2v) is 7.52. The number of benzene rings is 2. The molecule has 1 aliphatic carbocycles. The first-order valence-electron chi connectivity index (χ1n) is 9.22. The van der Waals surface area contributed by atoms with Crippen LogP contribution in [0.4, 0.5) is 0 Å². The molecule has 1 atom stereocenters. The molecule has 0 bridgehead atoms. The summed E-state index contributed by atoms with van der Waals surface area (Å²) in [6.45, 7) is 4.15. The molecular formula is C22H23ClN2O2. The number of aromatic nitrogens is 2. The fourth-order valence-electron chi connectivity index (χ4n) is 3.75. The molecule has 0 radical (unpaired) electrons. The van der Waals surface area contributed by atoms with E-state index in [1.807, 2.05) is 53.2 Å². The lowest BCUT2D eigenvalue weighted by Crippen LogP contribution is -2.19. The number of hydrogen-bond acceptors (Lipinski definition) is 3. The van der Waals surface area contributed by atoms with Gasteiger partial charge in [-0.25, -0.2) is 4.68 Å². The van der Waals surface area contributed by atoms with Gasteiger partial charge in [0.2, 0.25) is 0 Å². The normalized spacial score (nSPS) is 16.0. The van der Waals surface area contributed by atoms with Crippen LogP contribution in [-0.2, 0) is 17.6 Å². The predicted molar refractivity (Wildman–Crippen MR) is 108 cm³/mol. The van der Waals surface area contributed by atoms with Gasteiger partial charge in [0, 0.05) is 29.0 Å². The molecule has 5 heteroatoms. The number of halogens is 1. The van der Waals surface area contributed by atoms with Crippen LogP contribution < -0.4 is 4.74 Å². The Hall–Kier alpha value is -2.30. The van der Waals surface area contributed by atoms with Crippen molar-refractivity contribution in [3.8, 4) is 22.7 Å². The molecule has 27 heavy (non-hydrogen) atoms. The Morgan fingerprint density at radius 1 is 1.07 bits per heavy atom. The first-order chi connectivity index (χ1) is 13.1. The Morgan fingerprint density at radius 3 is 2.52 bits per heavy atom. The summed E-state index contributed by atoms with van der Waals surface area (Å²) in [5.41, 5.74) is 5.44. The molecule has 0 N–H and O–H groups in total. The van der Waals surface area contributed by atoms with Crippen LogP contribution >= 0.6 is 11.6 Å². The van der Waals surface area contributed by atoms with E-state index in [-0.39, 0.29) is 12.2 Å². The van der Waals surface area contributed by atoms with E-state index in [1.165, 1.54) is 5.56 Å². The van der Waals surface area contributed by atoms with Crippen LogP contribution in [0.3, 0.4) is 0 Å². The molecule has 4 rings (SSSR count). The molecule has 140 valence electrons. The lowest BCUT2D eigenvalue weighted by atomic mass is 10.1. The van der Waals surface area contributed by atoms with Gasteiger partial charge >= 0.3 is 0 Å². The number of ether oxygens (including phenoxy) is 2. The minimum absolute atomic E-state index is 0.181. The summed E-state index contributed by atoms with van der Waals surface area (Å²) >= 11 is 6.11. The van der Waals surface area contributed by atoms with Gasteiger partial charge in [-0.3, -0.25) is 0 Å². The lowest BCUT2D eigenvalue weighted by Gasteiger charge is -2.17. The molecule has 4 nitrogen and oxygen atoms in total. The highest BCUT2D eigenvalue weighted by molar-refractivity contribution is 6.30. The van der Waals surface area contributed by atoms with Crippen molar-refractivity contribution in [3.63, 3.8) is 0 Å². The SMILES string of the molecule is COc1ccccc1-n1nc2c(c1-c1ccc(Cl)cc1)C[C@H](OC(C)C)C2. The third-order valence-corrected chi connectivity index (χ3v) is 5.07. The van der Waals surface area contributed by atoms with Gasteiger partial charge in [0.25, 0.3) is 0 Å². The van der Waals surface area contributed by atoms with Crippen LogP contribution in [-0.4, -0.2) is 29.1 Å². The fraction of sp³-hybridized carbons (Fsp3) is 0.318. The van der Waals surface area contributed by atoms with Gasteiger partial charge in [0.05, 0.1) is 30.7 Å². The molecule has 1 heterocycles. The van der Waals surface area contributed by atoms with E-state index in [0.717, 1.165) is 46.3 Å². The summed E-state index contributed by atoms with van der Waals surface area (Å²) in [6, 6.07) is 15.9. The summed E-state index contributed by atoms with van der Waals surface area (Å²) in [6.07, 6.45) is 2.08. The third kappa shape index (κ3) is 3.47. The monoisotopic (exact) mass is 382 g/mol. The molecular weight excluding hydrogens is 360 g/mol. The number of fused-ring (bicyclic) bond motifs is 1. The maximum Gasteiger partial charge on any atom is 0.144 e. The van der Waals surface area contributed by atoms with Crippen LogP contribution in [0.25, 0.3) is 16.9 Å². The number of methoxy groups -OCH3 is 1. The number of para-hydroxylation sites is 2. The summed E-state index contributed by atoms with van der Waals surface area (Å²) in [7, 11) is 1.69. The highest BCUT2D eigenvalue weighted by Gasteiger charge is 2.31. The molecule has 0 unspecified atom stereocenters. The first-order valence-corrected chi connectivity index (χ1v) is 9.60. The second kappa shape index (κ2) is 7.37. The number of nitrogens with zero attached hydrogens (tertiary/aromatic N) is 2. The number of hydrogen-bond donors (Lipinski definition) is 0. The largest absolute Gasteiger partial charge is 0.494 e. The van der Waals surface area contributed by atoms with Gasteiger partial charge in [-0.05, 0) is 38.1 Å². The van der Waals surface area contributed by atoms with Crippen molar-refractivity contribution in [2.75, 3.05) is 7.11 Å². The minimum Gasteiger partial charge on any atom is -0.494 e. The highest BCUT2D eigenvalue weighted by atomic mass is 35.5. The zero-order chi connectivity index (χ0) is 19.0. The van der Waals surface area contributed by atoms with Crippen LogP contribution in [0.2, 0.25) is 5.02 Å². The van der Waals surface area contributed by atoms with Crippen LogP contribution in [0.15, 0.2) is 48.5 Å². The predicted octanol–water partition coefficient (Wildman–Crippen LogP) is 5.09.